The molecule has 2 unspecified atom stereocenters. The van der Waals surface area contributed by atoms with Crippen LogP contribution >= 0.6 is 11.6 Å². The predicted molar refractivity (Wildman–Crippen MR) is 78.7 cm³/mol. The van der Waals surface area contributed by atoms with E-state index in [1.807, 2.05) is 6.20 Å². The van der Waals surface area contributed by atoms with Gasteiger partial charge in [0.25, 0.3) is 0 Å². The fourth-order valence-corrected chi connectivity index (χ4v) is 3.42. The molecule has 2 aromatic heterocycles. The molecular weight excluding hydrogens is 258 g/mol. The van der Waals surface area contributed by atoms with E-state index in [1.165, 1.54) is 19.3 Å². The van der Waals surface area contributed by atoms with Gasteiger partial charge in [0.2, 0.25) is 0 Å². The number of fused-ring (bicyclic) bond motifs is 1. The molecule has 0 spiro atoms. The number of aromatic nitrogens is 3. The molecule has 19 heavy (non-hydrogen) atoms. The van der Waals surface area contributed by atoms with E-state index >= 15 is 0 Å². The molecule has 0 aromatic carbocycles. The lowest BCUT2D eigenvalue weighted by atomic mass is 10.1. The largest absolute Gasteiger partial charge is 0.309 e. The SMILES string of the molecule is Cc1cnc2c(c1)nc(CCCl)n2C1CCCC1C. The third-order valence-corrected chi connectivity index (χ3v) is 4.39. The van der Waals surface area contributed by atoms with Crippen molar-refractivity contribution in [3.05, 3.63) is 23.7 Å². The zero-order valence-electron chi connectivity index (χ0n) is 11.6. The minimum atomic E-state index is 0.540. The van der Waals surface area contributed by atoms with Crippen molar-refractivity contribution in [1.82, 2.24) is 14.5 Å². The van der Waals surface area contributed by atoms with Crippen LogP contribution in [0, 0.1) is 12.8 Å². The molecule has 1 aliphatic rings. The third-order valence-electron chi connectivity index (χ3n) is 4.21. The highest BCUT2D eigenvalue weighted by Gasteiger charge is 2.28. The van der Waals surface area contributed by atoms with Crippen molar-refractivity contribution in [2.75, 3.05) is 5.88 Å². The second-order valence-electron chi connectivity index (χ2n) is 5.67. The van der Waals surface area contributed by atoms with Gasteiger partial charge in [0.1, 0.15) is 11.3 Å². The van der Waals surface area contributed by atoms with Crippen LogP contribution in [0.1, 0.15) is 43.6 Å². The first-order valence-corrected chi connectivity index (χ1v) is 7.63. The highest BCUT2D eigenvalue weighted by Crippen LogP contribution is 2.38. The maximum Gasteiger partial charge on any atom is 0.160 e. The van der Waals surface area contributed by atoms with Gasteiger partial charge < -0.3 is 4.57 Å². The number of hydrogen-bond donors (Lipinski definition) is 0. The standard InChI is InChI=1S/C15H20ClN3/c1-10-8-12-15(17-9-10)19(14(18-12)6-7-16)13-5-3-4-11(13)2/h8-9,11,13H,3-7H2,1-2H3. The van der Waals surface area contributed by atoms with Crippen LogP contribution in [0.5, 0.6) is 0 Å². The summed E-state index contributed by atoms with van der Waals surface area (Å²) in [5, 5.41) is 0. The Bertz CT molecular complexity index is 590. The Morgan fingerprint density at radius 2 is 2.26 bits per heavy atom. The van der Waals surface area contributed by atoms with Gasteiger partial charge in [-0.05, 0) is 37.3 Å². The van der Waals surface area contributed by atoms with Gasteiger partial charge in [0.15, 0.2) is 5.65 Å². The summed E-state index contributed by atoms with van der Waals surface area (Å²) < 4.78 is 2.36. The Morgan fingerprint density at radius 3 is 2.95 bits per heavy atom. The number of hydrogen-bond acceptors (Lipinski definition) is 2. The van der Waals surface area contributed by atoms with Crippen LogP contribution in [0.2, 0.25) is 0 Å². The van der Waals surface area contributed by atoms with Crippen LogP contribution in [-0.2, 0) is 6.42 Å². The molecule has 1 fully saturated rings. The van der Waals surface area contributed by atoms with Crippen molar-refractivity contribution in [3.63, 3.8) is 0 Å². The van der Waals surface area contributed by atoms with Crippen molar-refractivity contribution in [2.45, 2.75) is 45.6 Å². The van der Waals surface area contributed by atoms with Crippen LogP contribution in [0.4, 0.5) is 0 Å². The number of nitrogens with zero attached hydrogens (tertiary/aromatic N) is 3. The number of alkyl halides is 1. The molecule has 102 valence electrons. The normalized spacial score (nSPS) is 23.3. The van der Waals surface area contributed by atoms with E-state index in [0.29, 0.717) is 17.8 Å². The molecule has 0 radical (unpaired) electrons. The first-order valence-electron chi connectivity index (χ1n) is 7.10. The van der Waals surface area contributed by atoms with Gasteiger partial charge in [-0.1, -0.05) is 13.3 Å². The van der Waals surface area contributed by atoms with Crippen molar-refractivity contribution in [2.24, 2.45) is 5.92 Å². The molecule has 3 nitrogen and oxygen atoms in total. The number of aryl methyl sites for hydroxylation is 2. The average Bonchev–Trinajstić information content (AvgIpc) is 2.92. The minimum absolute atomic E-state index is 0.540. The summed E-state index contributed by atoms with van der Waals surface area (Å²) in [5.41, 5.74) is 3.21. The molecule has 0 N–H and O–H groups in total. The van der Waals surface area contributed by atoms with Crippen LogP contribution < -0.4 is 0 Å². The lowest BCUT2D eigenvalue weighted by Crippen LogP contribution is -2.15. The van der Waals surface area contributed by atoms with Gasteiger partial charge in [0, 0.05) is 24.5 Å². The van der Waals surface area contributed by atoms with Crippen molar-refractivity contribution < 1.29 is 0 Å². The van der Waals surface area contributed by atoms with E-state index in [-0.39, 0.29) is 0 Å². The summed E-state index contributed by atoms with van der Waals surface area (Å²) in [6, 6.07) is 2.66. The van der Waals surface area contributed by atoms with Crippen LogP contribution in [0.25, 0.3) is 11.2 Å². The lowest BCUT2D eigenvalue weighted by Gasteiger charge is -2.20. The molecule has 1 aliphatic carbocycles. The maximum absolute atomic E-state index is 5.94. The molecule has 2 aromatic rings. The number of pyridine rings is 1. The Kier molecular flexibility index (Phi) is 3.48. The summed E-state index contributed by atoms with van der Waals surface area (Å²) in [6.45, 7) is 4.40. The Morgan fingerprint density at radius 1 is 1.42 bits per heavy atom. The fourth-order valence-electron chi connectivity index (χ4n) is 3.25. The fraction of sp³-hybridized carbons (Fsp3) is 0.600. The van der Waals surface area contributed by atoms with Crippen LogP contribution in [-0.4, -0.2) is 20.4 Å². The molecule has 0 amide bonds. The summed E-state index contributed by atoms with van der Waals surface area (Å²) in [5.74, 6) is 2.42. The van der Waals surface area contributed by atoms with Gasteiger partial charge in [0.05, 0.1) is 0 Å². The van der Waals surface area contributed by atoms with Gasteiger partial charge in [-0.3, -0.25) is 0 Å². The smallest absolute Gasteiger partial charge is 0.160 e. The molecular formula is C15H20ClN3. The third kappa shape index (κ3) is 2.25. The molecule has 0 bridgehead atoms. The first-order chi connectivity index (χ1) is 9.20. The Hall–Kier alpha value is -1.09. The molecule has 1 saturated carbocycles. The predicted octanol–water partition coefficient (Wildman–Crippen LogP) is 3.88. The summed E-state index contributed by atoms with van der Waals surface area (Å²) in [7, 11) is 0. The van der Waals surface area contributed by atoms with Crippen molar-refractivity contribution in [1.29, 1.82) is 0 Å². The van der Waals surface area contributed by atoms with Crippen molar-refractivity contribution in [3.8, 4) is 0 Å². The van der Waals surface area contributed by atoms with E-state index in [0.717, 1.165) is 29.0 Å². The quantitative estimate of drug-likeness (QED) is 0.797. The van der Waals surface area contributed by atoms with E-state index < -0.39 is 0 Å². The summed E-state index contributed by atoms with van der Waals surface area (Å²) in [6.07, 6.45) is 6.59. The van der Waals surface area contributed by atoms with Gasteiger partial charge in [-0.25, -0.2) is 9.97 Å². The van der Waals surface area contributed by atoms with Crippen molar-refractivity contribution >= 4 is 22.8 Å². The Balaban J connectivity index is 2.16. The summed E-state index contributed by atoms with van der Waals surface area (Å²) >= 11 is 5.94. The molecule has 0 saturated heterocycles. The van der Waals surface area contributed by atoms with E-state index in [2.05, 4.69) is 29.5 Å². The Labute approximate surface area is 119 Å². The topological polar surface area (TPSA) is 30.7 Å². The number of imidazole rings is 1. The molecule has 2 heterocycles. The van der Waals surface area contributed by atoms with Gasteiger partial charge in [-0.2, -0.15) is 0 Å². The highest BCUT2D eigenvalue weighted by molar-refractivity contribution is 6.17. The molecule has 0 aliphatic heterocycles. The lowest BCUT2D eigenvalue weighted by molar-refractivity contribution is 0.404. The zero-order valence-corrected chi connectivity index (χ0v) is 12.3. The highest BCUT2D eigenvalue weighted by atomic mass is 35.5. The molecule has 4 heteroatoms. The average molecular weight is 278 g/mol. The van der Waals surface area contributed by atoms with Crippen LogP contribution in [0.3, 0.4) is 0 Å². The molecule has 3 rings (SSSR count). The maximum atomic E-state index is 5.94. The summed E-state index contributed by atoms with van der Waals surface area (Å²) in [4.78, 5) is 9.38. The first kappa shape index (κ1) is 12.9. The second-order valence-corrected chi connectivity index (χ2v) is 6.05. The van der Waals surface area contributed by atoms with E-state index in [4.69, 9.17) is 16.6 Å². The molecule has 2 atom stereocenters. The van der Waals surface area contributed by atoms with E-state index in [9.17, 15) is 0 Å². The second kappa shape index (κ2) is 5.12. The minimum Gasteiger partial charge on any atom is -0.309 e. The van der Waals surface area contributed by atoms with Crippen LogP contribution in [0.15, 0.2) is 12.3 Å². The van der Waals surface area contributed by atoms with E-state index in [1.54, 1.807) is 0 Å². The number of halogens is 1. The zero-order chi connectivity index (χ0) is 13.4. The van der Waals surface area contributed by atoms with Gasteiger partial charge in [-0.15, -0.1) is 11.6 Å². The number of rotatable bonds is 3. The van der Waals surface area contributed by atoms with Gasteiger partial charge >= 0.3 is 0 Å². The monoisotopic (exact) mass is 277 g/mol.